The van der Waals surface area contributed by atoms with E-state index in [1.165, 1.54) is 12.2 Å². The maximum absolute atomic E-state index is 10.7. The molecule has 2 unspecified atom stereocenters. The van der Waals surface area contributed by atoms with Crippen LogP contribution in [0.1, 0.15) is 33.1 Å². The second-order valence-electron chi connectivity index (χ2n) is 3.29. The van der Waals surface area contributed by atoms with Crippen LogP contribution < -0.4 is 5.32 Å². The molecule has 0 spiro atoms. The van der Waals surface area contributed by atoms with Crippen molar-refractivity contribution in [3.8, 4) is 0 Å². The summed E-state index contributed by atoms with van der Waals surface area (Å²) in [4.78, 5) is 10.7. The number of nitrogens with one attached hydrogen (secondary N) is 1. The molecule has 1 saturated carbocycles. The summed E-state index contributed by atoms with van der Waals surface area (Å²) in [6.07, 6.45) is 3.60. The highest BCUT2D eigenvalue weighted by Gasteiger charge is 2.24. The molecule has 1 aliphatic carbocycles. The van der Waals surface area contributed by atoms with Gasteiger partial charge in [0.25, 0.3) is 0 Å². The fourth-order valence-corrected chi connectivity index (χ4v) is 2.89. The minimum absolute atomic E-state index is 0.113. The van der Waals surface area contributed by atoms with Gasteiger partial charge in [0.05, 0.1) is 0 Å². The van der Waals surface area contributed by atoms with E-state index in [1.54, 1.807) is 6.92 Å². The summed E-state index contributed by atoms with van der Waals surface area (Å²) in [5.41, 5.74) is 0. The van der Waals surface area contributed by atoms with Gasteiger partial charge in [0, 0.05) is 18.2 Å². The van der Waals surface area contributed by atoms with Crippen molar-refractivity contribution in [1.29, 1.82) is 0 Å². The number of thioether (sulfide) groups is 1. The first-order valence-electron chi connectivity index (χ1n) is 4.61. The molecule has 3 heteroatoms. The number of amides is 1. The summed E-state index contributed by atoms with van der Waals surface area (Å²) >= 11 is 2.02. The molecule has 1 aliphatic rings. The molecule has 0 radical (unpaired) electrons. The lowest BCUT2D eigenvalue weighted by molar-refractivity contribution is -0.119. The number of hydrogen-bond acceptors (Lipinski definition) is 2. The third-order valence-corrected chi connectivity index (χ3v) is 3.43. The third-order valence-electron chi connectivity index (χ3n) is 2.19. The Kier molecular flexibility index (Phi) is 3.92. The van der Waals surface area contributed by atoms with E-state index in [1.807, 2.05) is 11.8 Å². The molecule has 1 N–H and O–H groups in total. The Bertz CT molecular complexity index is 161. The fraction of sp³-hybridized carbons (Fsp3) is 0.889. The Morgan fingerprint density at radius 1 is 1.58 bits per heavy atom. The summed E-state index contributed by atoms with van der Waals surface area (Å²) in [5.74, 6) is 1.31. The van der Waals surface area contributed by atoms with Gasteiger partial charge in [-0.2, -0.15) is 11.8 Å². The van der Waals surface area contributed by atoms with Gasteiger partial charge in [0.2, 0.25) is 5.91 Å². The van der Waals surface area contributed by atoms with Crippen molar-refractivity contribution in [2.45, 2.75) is 44.4 Å². The molecule has 12 heavy (non-hydrogen) atoms. The topological polar surface area (TPSA) is 29.1 Å². The Labute approximate surface area is 78.5 Å². The lowest BCUT2D eigenvalue weighted by Gasteiger charge is -2.10. The third kappa shape index (κ3) is 3.05. The smallest absolute Gasteiger partial charge is 0.217 e. The Morgan fingerprint density at radius 2 is 2.33 bits per heavy atom. The molecule has 1 rings (SSSR count). The minimum atomic E-state index is 0.113. The van der Waals surface area contributed by atoms with E-state index >= 15 is 0 Å². The quantitative estimate of drug-likeness (QED) is 0.730. The van der Waals surface area contributed by atoms with Gasteiger partial charge < -0.3 is 5.32 Å². The maximum atomic E-state index is 10.7. The highest BCUT2D eigenvalue weighted by atomic mass is 32.2. The van der Waals surface area contributed by atoms with E-state index in [2.05, 4.69) is 12.2 Å². The number of rotatable bonds is 3. The van der Waals surface area contributed by atoms with Crippen LogP contribution in [0.15, 0.2) is 0 Å². The highest BCUT2D eigenvalue weighted by molar-refractivity contribution is 7.99. The zero-order valence-electron chi connectivity index (χ0n) is 7.80. The summed E-state index contributed by atoms with van der Waals surface area (Å²) in [6.45, 7) is 3.79. The van der Waals surface area contributed by atoms with Crippen LogP contribution in [0.25, 0.3) is 0 Å². The van der Waals surface area contributed by atoms with Crippen molar-refractivity contribution in [3.05, 3.63) is 0 Å². The molecular weight excluding hydrogens is 170 g/mol. The lowest BCUT2D eigenvalue weighted by atomic mass is 10.2. The molecular formula is C9H17NOS. The van der Waals surface area contributed by atoms with Crippen LogP contribution in [0.3, 0.4) is 0 Å². The van der Waals surface area contributed by atoms with Crippen LogP contribution in [0.5, 0.6) is 0 Å². The number of carbonyl (C=O) groups is 1. The Morgan fingerprint density at radius 3 is 2.92 bits per heavy atom. The highest BCUT2D eigenvalue weighted by Crippen LogP contribution is 2.29. The predicted molar refractivity (Wildman–Crippen MR) is 53.4 cm³/mol. The van der Waals surface area contributed by atoms with E-state index < -0.39 is 0 Å². The van der Waals surface area contributed by atoms with Crippen molar-refractivity contribution in [2.24, 2.45) is 0 Å². The molecule has 1 amide bonds. The molecule has 0 aliphatic heterocycles. The molecule has 2 nitrogen and oxygen atoms in total. The van der Waals surface area contributed by atoms with Crippen LogP contribution in [0.4, 0.5) is 0 Å². The molecule has 0 bridgehead atoms. The zero-order valence-corrected chi connectivity index (χ0v) is 8.62. The van der Waals surface area contributed by atoms with Crippen molar-refractivity contribution in [3.63, 3.8) is 0 Å². The molecule has 0 aromatic rings. The van der Waals surface area contributed by atoms with Crippen LogP contribution >= 0.6 is 11.8 Å². The van der Waals surface area contributed by atoms with E-state index in [-0.39, 0.29) is 5.91 Å². The average Bonchev–Trinajstić information content (AvgIpc) is 2.36. The molecule has 2 atom stereocenters. The van der Waals surface area contributed by atoms with Crippen LogP contribution in [-0.2, 0) is 4.79 Å². The predicted octanol–water partition coefficient (Wildman–Crippen LogP) is 1.80. The van der Waals surface area contributed by atoms with Crippen molar-refractivity contribution in [1.82, 2.24) is 5.32 Å². The van der Waals surface area contributed by atoms with Crippen molar-refractivity contribution in [2.75, 3.05) is 5.75 Å². The standard InChI is InChI=1S/C9H17NOS/c1-3-12-9-5-4-8(6-9)10-7(2)11/h8-9H,3-6H2,1-2H3,(H,10,11). The first-order chi connectivity index (χ1) is 5.72. The normalized spacial score (nSPS) is 28.8. The van der Waals surface area contributed by atoms with Gasteiger partial charge in [-0.1, -0.05) is 6.92 Å². The summed E-state index contributed by atoms with van der Waals surface area (Å²) in [5, 5.41) is 3.76. The largest absolute Gasteiger partial charge is 0.354 e. The second-order valence-corrected chi connectivity index (χ2v) is 4.87. The van der Waals surface area contributed by atoms with Gasteiger partial charge in [0.15, 0.2) is 0 Å². The molecule has 0 heterocycles. The van der Waals surface area contributed by atoms with Crippen molar-refractivity contribution >= 4 is 17.7 Å². The number of carbonyl (C=O) groups excluding carboxylic acids is 1. The lowest BCUT2D eigenvalue weighted by Crippen LogP contribution is -2.30. The molecule has 0 aromatic carbocycles. The van der Waals surface area contributed by atoms with Gasteiger partial charge in [-0.3, -0.25) is 4.79 Å². The molecule has 0 saturated heterocycles. The molecule has 0 aromatic heterocycles. The first-order valence-corrected chi connectivity index (χ1v) is 5.66. The monoisotopic (exact) mass is 187 g/mol. The van der Waals surface area contributed by atoms with Gasteiger partial charge in [0.1, 0.15) is 0 Å². The SMILES string of the molecule is CCSC1CCC(NC(C)=O)C1. The Hall–Kier alpha value is -0.180. The Balaban J connectivity index is 2.21. The molecule has 1 fully saturated rings. The first kappa shape index (κ1) is 9.90. The van der Waals surface area contributed by atoms with E-state index in [0.29, 0.717) is 6.04 Å². The van der Waals surface area contributed by atoms with Crippen molar-refractivity contribution < 1.29 is 4.79 Å². The summed E-state index contributed by atoms with van der Waals surface area (Å²) in [7, 11) is 0. The van der Waals surface area contributed by atoms with Gasteiger partial charge >= 0.3 is 0 Å². The van der Waals surface area contributed by atoms with E-state index in [9.17, 15) is 4.79 Å². The van der Waals surface area contributed by atoms with E-state index in [4.69, 9.17) is 0 Å². The zero-order chi connectivity index (χ0) is 8.97. The van der Waals surface area contributed by atoms with Crippen LogP contribution in [0, 0.1) is 0 Å². The number of hydrogen-bond donors (Lipinski definition) is 1. The minimum Gasteiger partial charge on any atom is -0.354 e. The maximum Gasteiger partial charge on any atom is 0.217 e. The van der Waals surface area contributed by atoms with Crippen LogP contribution in [-0.4, -0.2) is 23.0 Å². The van der Waals surface area contributed by atoms with Crippen LogP contribution in [0.2, 0.25) is 0 Å². The molecule has 70 valence electrons. The summed E-state index contributed by atoms with van der Waals surface area (Å²) < 4.78 is 0. The second kappa shape index (κ2) is 4.75. The van der Waals surface area contributed by atoms with Gasteiger partial charge in [-0.15, -0.1) is 0 Å². The fourth-order valence-electron chi connectivity index (χ4n) is 1.75. The van der Waals surface area contributed by atoms with Gasteiger partial charge in [-0.25, -0.2) is 0 Å². The summed E-state index contributed by atoms with van der Waals surface area (Å²) in [6, 6.07) is 0.451. The van der Waals surface area contributed by atoms with E-state index in [0.717, 1.165) is 18.1 Å². The average molecular weight is 187 g/mol. The van der Waals surface area contributed by atoms with Gasteiger partial charge in [-0.05, 0) is 25.0 Å².